The fourth-order valence-corrected chi connectivity index (χ4v) is 2.88. The van der Waals surface area contributed by atoms with Crippen molar-refractivity contribution in [3.05, 3.63) is 33.4 Å². The Bertz CT molecular complexity index is 393. The second-order valence-electron chi connectivity index (χ2n) is 4.49. The summed E-state index contributed by atoms with van der Waals surface area (Å²) in [5.41, 5.74) is 0.728. The van der Waals surface area contributed by atoms with Gasteiger partial charge in [0.05, 0.1) is 0 Å². The van der Waals surface area contributed by atoms with Crippen molar-refractivity contribution >= 4 is 40.1 Å². The van der Waals surface area contributed by atoms with E-state index in [1.807, 2.05) is 24.3 Å². The highest BCUT2D eigenvalue weighted by molar-refractivity contribution is 14.1. The number of alkyl halides is 1. The maximum absolute atomic E-state index is 11.8. The van der Waals surface area contributed by atoms with Crippen molar-refractivity contribution in [3.63, 3.8) is 0 Å². The average Bonchev–Trinajstić information content (AvgIpc) is 2.73. The molecule has 2 nitrogen and oxygen atoms in total. The maximum atomic E-state index is 11.8. The summed E-state index contributed by atoms with van der Waals surface area (Å²) >= 11 is 8.27. The first-order valence-electron chi connectivity index (χ1n) is 5.83. The van der Waals surface area contributed by atoms with Crippen molar-refractivity contribution in [2.45, 2.75) is 24.6 Å². The third-order valence-electron chi connectivity index (χ3n) is 3.13. The zero-order valence-electron chi connectivity index (χ0n) is 9.46. The van der Waals surface area contributed by atoms with Gasteiger partial charge in [-0.2, -0.15) is 0 Å². The molecule has 0 spiro atoms. The van der Waals surface area contributed by atoms with Crippen LogP contribution in [0.25, 0.3) is 0 Å². The van der Waals surface area contributed by atoms with E-state index >= 15 is 0 Å². The van der Waals surface area contributed by atoms with E-state index in [2.05, 4.69) is 27.9 Å². The van der Waals surface area contributed by atoms with Crippen molar-refractivity contribution in [1.82, 2.24) is 5.32 Å². The first kappa shape index (κ1) is 13.1. The van der Waals surface area contributed by atoms with Crippen LogP contribution in [0.5, 0.6) is 0 Å². The SMILES string of the molecule is O=C(NCC1CCC(Cl)C1)c1ccc(I)cc1. The average molecular weight is 364 g/mol. The summed E-state index contributed by atoms with van der Waals surface area (Å²) in [6, 6.07) is 7.60. The van der Waals surface area contributed by atoms with Gasteiger partial charge in [-0.05, 0) is 72.0 Å². The summed E-state index contributed by atoms with van der Waals surface area (Å²) in [6.07, 6.45) is 3.22. The quantitative estimate of drug-likeness (QED) is 0.647. The van der Waals surface area contributed by atoms with Crippen molar-refractivity contribution in [3.8, 4) is 0 Å². The number of carbonyl (C=O) groups is 1. The predicted octanol–water partition coefficient (Wildman–Crippen LogP) is 3.43. The van der Waals surface area contributed by atoms with Crippen LogP contribution in [0.4, 0.5) is 0 Å². The Kier molecular flexibility index (Phi) is 4.68. The highest BCUT2D eigenvalue weighted by Crippen LogP contribution is 2.28. The molecular weight excluding hydrogens is 349 g/mol. The van der Waals surface area contributed by atoms with E-state index in [1.165, 1.54) is 0 Å². The van der Waals surface area contributed by atoms with Gasteiger partial charge in [0.15, 0.2) is 0 Å². The lowest BCUT2D eigenvalue weighted by atomic mass is 10.1. The Balaban J connectivity index is 1.83. The topological polar surface area (TPSA) is 29.1 Å². The van der Waals surface area contributed by atoms with Gasteiger partial charge in [-0.15, -0.1) is 11.6 Å². The number of benzene rings is 1. The van der Waals surface area contributed by atoms with Gasteiger partial charge >= 0.3 is 0 Å². The zero-order chi connectivity index (χ0) is 12.3. The number of carbonyl (C=O) groups excluding carboxylic acids is 1. The molecule has 2 atom stereocenters. The van der Waals surface area contributed by atoms with E-state index in [0.717, 1.165) is 34.9 Å². The molecule has 0 saturated heterocycles. The van der Waals surface area contributed by atoms with Crippen LogP contribution in [0, 0.1) is 9.49 Å². The molecule has 0 radical (unpaired) electrons. The summed E-state index contributed by atoms with van der Waals surface area (Å²) in [7, 11) is 0. The van der Waals surface area contributed by atoms with Crippen LogP contribution in [0.1, 0.15) is 29.6 Å². The molecular formula is C13H15ClINO. The lowest BCUT2D eigenvalue weighted by molar-refractivity contribution is 0.0947. The van der Waals surface area contributed by atoms with Crippen molar-refractivity contribution in [1.29, 1.82) is 0 Å². The first-order valence-corrected chi connectivity index (χ1v) is 7.34. The molecule has 1 amide bonds. The van der Waals surface area contributed by atoms with E-state index in [0.29, 0.717) is 11.3 Å². The zero-order valence-corrected chi connectivity index (χ0v) is 12.4. The Labute approximate surface area is 120 Å². The second-order valence-corrected chi connectivity index (χ2v) is 6.36. The third kappa shape index (κ3) is 3.85. The molecule has 2 unspecified atom stereocenters. The summed E-state index contributed by atoms with van der Waals surface area (Å²) in [4.78, 5) is 11.8. The molecule has 1 aromatic carbocycles. The molecule has 1 aromatic rings. The fourth-order valence-electron chi connectivity index (χ4n) is 2.14. The molecule has 0 aromatic heterocycles. The molecule has 0 bridgehead atoms. The minimum Gasteiger partial charge on any atom is -0.352 e. The van der Waals surface area contributed by atoms with Gasteiger partial charge in [-0.3, -0.25) is 4.79 Å². The molecule has 0 aliphatic heterocycles. The van der Waals surface area contributed by atoms with Crippen LogP contribution in [-0.2, 0) is 0 Å². The Morgan fingerprint density at radius 1 is 1.35 bits per heavy atom. The molecule has 92 valence electrons. The van der Waals surface area contributed by atoms with Gasteiger partial charge in [0.2, 0.25) is 0 Å². The van der Waals surface area contributed by atoms with Gasteiger partial charge in [-0.25, -0.2) is 0 Å². The number of amides is 1. The molecule has 17 heavy (non-hydrogen) atoms. The molecule has 1 aliphatic carbocycles. The number of halogens is 2. The molecule has 1 N–H and O–H groups in total. The van der Waals surface area contributed by atoms with E-state index < -0.39 is 0 Å². The van der Waals surface area contributed by atoms with Gasteiger partial charge in [0, 0.05) is 21.1 Å². The Morgan fingerprint density at radius 2 is 2.06 bits per heavy atom. The maximum Gasteiger partial charge on any atom is 0.251 e. The normalized spacial score (nSPS) is 23.6. The number of hydrogen-bond donors (Lipinski definition) is 1. The summed E-state index contributed by atoms with van der Waals surface area (Å²) < 4.78 is 1.14. The van der Waals surface area contributed by atoms with Crippen LogP contribution < -0.4 is 5.32 Å². The lowest BCUT2D eigenvalue weighted by Crippen LogP contribution is -2.28. The summed E-state index contributed by atoms with van der Waals surface area (Å²) in [5, 5.41) is 3.28. The summed E-state index contributed by atoms with van der Waals surface area (Å²) in [6.45, 7) is 0.744. The number of nitrogens with one attached hydrogen (secondary N) is 1. The lowest BCUT2D eigenvalue weighted by Gasteiger charge is -2.10. The van der Waals surface area contributed by atoms with Crippen molar-refractivity contribution in [2.75, 3.05) is 6.54 Å². The van der Waals surface area contributed by atoms with Gasteiger partial charge in [0.1, 0.15) is 0 Å². The third-order valence-corrected chi connectivity index (χ3v) is 4.25. The van der Waals surface area contributed by atoms with Crippen molar-refractivity contribution < 1.29 is 4.79 Å². The van der Waals surface area contributed by atoms with Crippen LogP contribution >= 0.6 is 34.2 Å². The van der Waals surface area contributed by atoms with Crippen LogP contribution in [-0.4, -0.2) is 17.8 Å². The van der Waals surface area contributed by atoms with Crippen LogP contribution in [0.3, 0.4) is 0 Å². The first-order chi connectivity index (χ1) is 8.15. The molecule has 4 heteroatoms. The van der Waals surface area contributed by atoms with Crippen molar-refractivity contribution in [2.24, 2.45) is 5.92 Å². The van der Waals surface area contributed by atoms with Gasteiger partial charge in [-0.1, -0.05) is 0 Å². The van der Waals surface area contributed by atoms with E-state index in [4.69, 9.17) is 11.6 Å². The fraction of sp³-hybridized carbons (Fsp3) is 0.462. The summed E-state index contributed by atoms with van der Waals surface area (Å²) in [5.74, 6) is 0.560. The molecule has 2 rings (SSSR count). The highest BCUT2D eigenvalue weighted by Gasteiger charge is 2.23. The second kappa shape index (κ2) is 6.05. The predicted molar refractivity (Wildman–Crippen MR) is 78.5 cm³/mol. The van der Waals surface area contributed by atoms with E-state index in [1.54, 1.807) is 0 Å². The Morgan fingerprint density at radius 3 is 2.65 bits per heavy atom. The molecule has 1 aliphatic rings. The number of rotatable bonds is 3. The molecule has 1 fully saturated rings. The number of hydrogen-bond acceptors (Lipinski definition) is 1. The largest absolute Gasteiger partial charge is 0.352 e. The monoisotopic (exact) mass is 363 g/mol. The van der Waals surface area contributed by atoms with E-state index in [9.17, 15) is 4.79 Å². The van der Waals surface area contributed by atoms with E-state index in [-0.39, 0.29) is 5.91 Å². The standard InChI is InChI=1S/C13H15ClINO/c14-11-4-1-9(7-11)8-16-13(17)10-2-5-12(15)6-3-10/h2-3,5-6,9,11H,1,4,7-8H2,(H,16,17). The molecule has 1 saturated carbocycles. The van der Waals surface area contributed by atoms with Crippen LogP contribution in [0.2, 0.25) is 0 Å². The molecule has 0 heterocycles. The van der Waals surface area contributed by atoms with Gasteiger partial charge in [0.25, 0.3) is 5.91 Å². The van der Waals surface area contributed by atoms with Gasteiger partial charge < -0.3 is 5.32 Å². The minimum absolute atomic E-state index is 0.0134. The van der Waals surface area contributed by atoms with Crippen LogP contribution in [0.15, 0.2) is 24.3 Å². The Hall–Kier alpha value is -0.290. The minimum atomic E-state index is 0.0134. The highest BCUT2D eigenvalue weighted by atomic mass is 127. The smallest absolute Gasteiger partial charge is 0.251 e.